The van der Waals surface area contributed by atoms with E-state index in [1.807, 2.05) is 91.0 Å². The molecule has 0 saturated heterocycles. The topological polar surface area (TPSA) is 64.6 Å². The van der Waals surface area contributed by atoms with Crippen molar-refractivity contribution in [2.75, 3.05) is 19.5 Å². The Bertz CT molecular complexity index is 899. The van der Waals surface area contributed by atoms with Crippen LogP contribution in [0.5, 0.6) is 0 Å². The van der Waals surface area contributed by atoms with Crippen molar-refractivity contribution < 1.29 is 19.1 Å². The monoisotopic (exact) mass is 449 g/mol. The fraction of sp³-hybridized carbons (Fsp3) is 0.231. The van der Waals surface area contributed by atoms with Crippen LogP contribution in [0.15, 0.2) is 91.0 Å². The largest absolute Gasteiger partial charge is 0.467 e. The third-order valence-corrected chi connectivity index (χ3v) is 5.56. The van der Waals surface area contributed by atoms with Crippen LogP contribution in [0.4, 0.5) is 0 Å². The molecule has 0 aliphatic carbocycles. The Labute approximate surface area is 194 Å². The molecule has 1 amide bonds. The van der Waals surface area contributed by atoms with Gasteiger partial charge in [0.1, 0.15) is 11.6 Å². The zero-order valence-electron chi connectivity index (χ0n) is 17.9. The molecule has 0 aliphatic heterocycles. The minimum atomic E-state index is -0.893. The summed E-state index contributed by atoms with van der Waals surface area (Å²) in [5.74, 6) is -0.680. The molecule has 0 spiro atoms. The summed E-state index contributed by atoms with van der Waals surface area (Å²) in [6.07, 6.45) is 0.0789. The molecule has 166 valence electrons. The van der Waals surface area contributed by atoms with Gasteiger partial charge in [-0.2, -0.15) is 12.6 Å². The molecule has 3 aromatic rings. The molecule has 6 heteroatoms. The highest BCUT2D eigenvalue weighted by Crippen LogP contribution is 2.40. The van der Waals surface area contributed by atoms with Crippen LogP contribution < -0.4 is 5.32 Å². The lowest BCUT2D eigenvalue weighted by molar-refractivity contribution is -0.144. The van der Waals surface area contributed by atoms with Crippen LogP contribution in [0.2, 0.25) is 0 Å². The van der Waals surface area contributed by atoms with E-state index >= 15 is 0 Å². The average Bonchev–Trinajstić information content (AvgIpc) is 2.86. The van der Waals surface area contributed by atoms with Crippen LogP contribution in [0, 0.1) is 0 Å². The van der Waals surface area contributed by atoms with Crippen LogP contribution in [-0.2, 0) is 24.7 Å². The normalized spacial score (nSPS) is 12.1. The number of nitrogens with one attached hydrogen (secondary N) is 1. The van der Waals surface area contributed by atoms with Gasteiger partial charge in [0.05, 0.1) is 20.1 Å². The number of amides is 1. The van der Waals surface area contributed by atoms with Gasteiger partial charge in [0.25, 0.3) is 0 Å². The molecule has 0 aromatic heterocycles. The zero-order chi connectivity index (χ0) is 22.8. The van der Waals surface area contributed by atoms with Crippen molar-refractivity contribution in [2.24, 2.45) is 0 Å². The standard InChI is InChI=1S/C26H27NO4S/c1-30-25(29)23(19-32)27-24(28)17-18-31-26(20-11-5-2-6-12-20,21-13-7-3-8-14-21)22-15-9-4-10-16-22/h2-16,23,32H,17-19H2,1H3,(H,27,28)/t23-/m0/s1. The molecule has 0 unspecified atom stereocenters. The number of thiol groups is 1. The molecule has 0 bridgehead atoms. The van der Waals surface area contributed by atoms with Gasteiger partial charge in [-0.05, 0) is 16.7 Å². The van der Waals surface area contributed by atoms with Gasteiger partial charge >= 0.3 is 5.97 Å². The Hall–Kier alpha value is -3.09. The molecule has 0 radical (unpaired) electrons. The first-order valence-corrected chi connectivity index (χ1v) is 11.0. The first-order chi connectivity index (χ1) is 15.6. The predicted molar refractivity (Wildman–Crippen MR) is 128 cm³/mol. The Kier molecular flexibility index (Phi) is 8.48. The first-order valence-electron chi connectivity index (χ1n) is 10.4. The molecule has 3 rings (SSSR count). The van der Waals surface area contributed by atoms with E-state index in [0.717, 1.165) is 16.7 Å². The second kappa shape index (κ2) is 11.5. The van der Waals surface area contributed by atoms with E-state index in [0.29, 0.717) is 0 Å². The van der Waals surface area contributed by atoms with Crippen LogP contribution in [0.1, 0.15) is 23.1 Å². The van der Waals surface area contributed by atoms with Crippen LogP contribution >= 0.6 is 12.6 Å². The summed E-state index contributed by atoms with van der Waals surface area (Å²) in [6, 6.07) is 29.1. The van der Waals surface area contributed by atoms with Crippen molar-refractivity contribution in [3.8, 4) is 0 Å². The lowest BCUT2D eigenvalue weighted by Crippen LogP contribution is -2.43. The molecule has 3 aromatic carbocycles. The SMILES string of the molecule is COC(=O)[C@H](CS)NC(=O)CCOC(c1ccccc1)(c1ccccc1)c1ccccc1. The van der Waals surface area contributed by atoms with E-state index in [1.165, 1.54) is 7.11 Å². The van der Waals surface area contributed by atoms with Crippen molar-refractivity contribution in [1.82, 2.24) is 5.32 Å². The highest BCUT2D eigenvalue weighted by molar-refractivity contribution is 7.80. The second-order valence-corrected chi connectivity index (χ2v) is 7.57. The van der Waals surface area contributed by atoms with Crippen molar-refractivity contribution >= 4 is 24.5 Å². The van der Waals surface area contributed by atoms with E-state index < -0.39 is 17.6 Å². The summed E-state index contributed by atoms with van der Waals surface area (Å²) in [6.45, 7) is 0.144. The number of carbonyl (C=O) groups is 2. The van der Waals surface area contributed by atoms with Crippen LogP contribution in [0.25, 0.3) is 0 Å². The minimum Gasteiger partial charge on any atom is -0.467 e. The molecule has 5 nitrogen and oxygen atoms in total. The van der Waals surface area contributed by atoms with Crippen molar-refractivity contribution in [1.29, 1.82) is 0 Å². The Morgan fingerprint density at radius 3 is 1.66 bits per heavy atom. The molecule has 0 saturated carbocycles. The van der Waals surface area contributed by atoms with Gasteiger partial charge in [0.2, 0.25) is 5.91 Å². The molecular formula is C26H27NO4S. The third kappa shape index (κ3) is 5.39. The van der Waals surface area contributed by atoms with E-state index in [9.17, 15) is 9.59 Å². The zero-order valence-corrected chi connectivity index (χ0v) is 18.8. The number of methoxy groups -OCH3 is 1. The molecule has 0 fully saturated rings. The fourth-order valence-electron chi connectivity index (χ4n) is 3.65. The highest BCUT2D eigenvalue weighted by atomic mass is 32.1. The van der Waals surface area contributed by atoms with Crippen molar-refractivity contribution in [3.05, 3.63) is 108 Å². The van der Waals surface area contributed by atoms with Gasteiger partial charge in [0.15, 0.2) is 0 Å². The van der Waals surface area contributed by atoms with Crippen LogP contribution in [-0.4, -0.2) is 37.4 Å². The van der Waals surface area contributed by atoms with E-state index in [4.69, 9.17) is 9.47 Å². The number of carbonyl (C=O) groups excluding carboxylic acids is 2. The first kappa shape index (κ1) is 23.6. The molecular weight excluding hydrogens is 422 g/mol. The number of esters is 1. The number of hydrogen-bond donors (Lipinski definition) is 2. The maximum atomic E-state index is 12.5. The van der Waals surface area contributed by atoms with Gasteiger partial charge in [-0.25, -0.2) is 4.79 Å². The molecule has 0 aliphatic rings. The van der Waals surface area contributed by atoms with E-state index in [1.54, 1.807) is 0 Å². The summed E-state index contributed by atoms with van der Waals surface area (Å²) < 4.78 is 11.3. The van der Waals surface area contributed by atoms with Gasteiger partial charge in [-0.3, -0.25) is 4.79 Å². The Morgan fingerprint density at radius 1 is 0.844 bits per heavy atom. The summed E-state index contributed by atoms with van der Waals surface area (Å²) in [7, 11) is 1.28. The van der Waals surface area contributed by atoms with Gasteiger partial charge in [0, 0.05) is 5.75 Å². The summed E-state index contributed by atoms with van der Waals surface area (Å²) in [5.41, 5.74) is 1.98. The minimum absolute atomic E-state index is 0.0789. The predicted octanol–water partition coefficient (Wildman–Crippen LogP) is 3.97. The Balaban J connectivity index is 1.90. The summed E-state index contributed by atoms with van der Waals surface area (Å²) in [4.78, 5) is 24.2. The van der Waals surface area contributed by atoms with E-state index in [2.05, 4.69) is 17.9 Å². The maximum absolute atomic E-state index is 12.5. The van der Waals surface area contributed by atoms with Crippen molar-refractivity contribution in [3.63, 3.8) is 0 Å². The Morgan fingerprint density at radius 2 is 1.28 bits per heavy atom. The highest BCUT2D eigenvalue weighted by Gasteiger charge is 2.37. The van der Waals surface area contributed by atoms with Gasteiger partial charge in [-0.1, -0.05) is 91.0 Å². The molecule has 32 heavy (non-hydrogen) atoms. The lowest BCUT2D eigenvalue weighted by Gasteiger charge is -2.36. The second-order valence-electron chi connectivity index (χ2n) is 7.20. The number of benzene rings is 3. The summed E-state index contributed by atoms with van der Waals surface area (Å²) in [5, 5.41) is 2.65. The van der Waals surface area contributed by atoms with Gasteiger partial charge < -0.3 is 14.8 Å². The smallest absolute Gasteiger partial charge is 0.329 e. The van der Waals surface area contributed by atoms with Crippen LogP contribution in [0.3, 0.4) is 0 Å². The fourth-order valence-corrected chi connectivity index (χ4v) is 3.89. The van der Waals surface area contributed by atoms with Gasteiger partial charge in [-0.15, -0.1) is 0 Å². The average molecular weight is 450 g/mol. The number of rotatable bonds is 10. The molecule has 1 N–H and O–H groups in total. The van der Waals surface area contributed by atoms with E-state index in [-0.39, 0.29) is 24.7 Å². The van der Waals surface area contributed by atoms with Crippen molar-refractivity contribution in [2.45, 2.75) is 18.1 Å². The molecule has 1 atom stereocenters. The number of ether oxygens (including phenoxy) is 2. The maximum Gasteiger partial charge on any atom is 0.329 e. The number of hydrogen-bond acceptors (Lipinski definition) is 5. The quantitative estimate of drug-likeness (QED) is 0.279. The summed E-state index contributed by atoms with van der Waals surface area (Å²) >= 11 is 4.12. The lowest BCUT2D eigenvalue weighted by atomic mass is 9.80. The molecule has 0 heterocycles. The third-order valence-electron chi connectivity index (χ3n) is 5.19.